The zero-order chi connectivity index (χ0) is 28.9. The molecule has 0 aliphatic carbocycles. The summed E-state index contributed by atoms with van der Waals surface area (Å²) in [4.78, 5) is 28.1. The molecule has 3 aromatic rings. The number of anilines is 2. The molecule has 3 aliphatic rings. The Hall–Kier alpha value is -3.81. The van der Waals surface area contributed by atoms with Crippen molar-refractivity contribution >= 4 is 44.0 Å². The Labute approximate surface area is 234 Å². The summed E-state index contributed by atoms with van der Waals surface area (Å²) >= 11 is 0. The highest BCUT2D eigenvalue weighted by molar-refractivity contribution is 7.89. The Morgan fingerprint density at radius 1 is 1.12 bits per heavy atom. The Kier molecular flexibility index (Phi) is 6.83. The molecule has 2 amide bonds. The standard InChI is InChI=1S/C28H27F2N3O7S/c1-38-15-5-13-32-21-11-10-20(18-6-4-7-19(25(18)21)27(32)35)31-26(34)22-8-2-3-14-33(22)41(36,37)17-9-12-23-24(16-17)40-28(29,30)39-23/h4,6-7,9-12,16,22H,2-3,5,8,13-15H2,1H3,(H,31,34). The van der Waals surface area contributed by atoms with E-state index in [9.17, 15) is 26.8 Å². The van der Waals surface area contributed by atoms with E-state index in [4.69, 9.17) is 4.74 Å². The lowest BCUT2D eigenvalue weighted by Crippen LogP contribution is -2.49. The topological polar surface area (TPSA) is 114 Å². The van der Waals surface area contributed by atoms with Crippen LogP contribution in [0.3, 0.4) is 0 Å². The fourth-order valence-electron chi connectivity index (χ4n) is 5.64. The largest absolute Gasteiger partial charge is 0.586 e. The van der Waals surface area contributed by atoms with Gasteiger partial charge in [0, 0.05) is 54.9 Å². The lowest BCUT2D eigenvalue weighted by Gasteiger charge is -2.33. The van der Waals surface area contributed by atoms with Crippen molar-refractivity contribution < 1.29 is 41.0 Å². The van der Waals surface area contributed by atoms with Gasteiger partial charge in [0.25, 0.3) is 5.91 Å². The quantitative estimate of drug-likeness (QED) is 0.390. The van der Waals surface area contributed by atoms with E-state index in [1.807, 2.05) is 6.07 Å². The molecule has 10 nitrogen and oxygen atoms in total. The Morgan fingerprint density at radius 2 is 1.93 bits per heavy atom. The smallest absolute Gasteiger partial charge is 0.395 e. The maximum atomic E-state index is 13.6. The molecule has 1 unspecified atom stereocenters. The average molecular weight is 588 g/mol. The van der Waals surface area contributed by atoms with Gasteiger partial charge in [-0.3, -0.25) is 9.59 Å². The van der Waals surface area contributed by atoms with Gasteiger partial charge in [-0.25, -0.2) is 8.42 Å². The van der Waals surface area contributed by atoms with Crippen molar-refractivity contribution in [2.75, 3.05) is 37.0 Å². The third-order valence-electron chi connectivity index (χ3n) is 7.51. The molecule has 6 rings (SSSR count). The third-order valence-corrected chi connectivity index (χ3v) is 9.41. The fourth-order valence-corrected chi connectivity index (χ4v) is 7.31. The molecule has 216 valence electrons. The summed E-state index contributed by atoms with van der Waals surface area (Å²) in [6.07, 6.45) is -1.78. The van der Waals surface area contributed by atoms with E-state index in [1.54, 1.807) is 36.3 Å². The van der Waals surface area contributed by atoms with E-state index >= 15 is 0 Å². The number of nitrogens with one attached hydrogen (secondary N) is 1. The number of carbonyl (C=O) groups is 2. The fraction of sp³-hybridized carbons (Fsp3) is 0.357. The lowest BCUT2D eigenvalue weighted by atomic mass is 10.0. The zero-order valence-corrected chi connectivity index (χ0v) is 22.9. The Bertz CT molecular complexity index is 1660. The summed E-state index contributed by atoms with van der Waals surface area (Å²) in [6, 6.07) is 11.0. The zero-order valence-electron chi connectivity index (χ0n) is 22.1. The number of methoxy groups -OCH3 is 1. The molecule has 13 heteroatoms. The summed E-state index contributed by atoms with van der Waals surface area (Å²) in [7, 11) is -2.65. The molecule has 1 N–H and O–H groups in total. The van der Waals surface area contributed by atoms with Gasteiger partial charge in [-0.2, -0.15) is 4.31 Å². The first-order valence-electron chi connectivity index (χ1n) is 13.2. The van der Waals surface area contributed by atoms with E-state index in [1.165, 1.54) is 0 Å². The molecule has 41 heavy (non-hydrogen) atoms. The minimum absolute atomic E-state index is 0.0831. The summed E-state index contributed by atoms with van der Waals surface area (Å²) < 4.78 is 69.2. The minimum Gasteiger partial charge on any atom is -0.395 e. The van der Waals surface area contributed by atoms with E-state index < -0.39 is 34.0 Å². The second-order valence-corrected chi connectivity index (χ2v) is 11.9. The maximum Gasteiger partial charge on any atom is 0.586 e. The van der Waals surface area contributed by atoms with Gasteiger partial charge < -0.3 is 24.4 Å². The summed E-state index contributed by atoms with van der Waals surface area (Å²) in [6.45, 7) is 1.07. The number of amides is 2. The summed E-state index contributed by atoms with van der Waals surface area (Å²) in [5.74, 6) is -1.32. The Balaban J connectivity index is 1.27. The van der Waals surface area contributed by atoms with E-state index in [2.05, 4.69) is 14.8 Å². The predicted octanol–water partition coefficient (Wildman–Crippen LogP) is 4.34. The number of sulfonamides is 1. The molecule has 0 radical (unpaired) electrons. The van der Waals surface area contributed by atoms with Gasteiger partial charge in [0.05, 0.1) is 10.6 Å². The monoisotopic (exact) mass is 587 g/mol. The predicted molar refractivity (Wildman–Crippen MR) is 145 cm³/mol. The molecule has 0 aromatic heterocycles. The van der Waals surface area contributed by atoms with E-state index in [0.717, 1.165) is 33.6 Å². The number of piperidine rings is 1. The molecular formula is C28H27F2N3O7S. The van der Waals surface area contributed by atoms with Crippen LogP contribution >= 0.6 is 0 Å². The van der Waals surface area contributed by atoms with Gasteiger partial charge in [0.15, 0.2) is 11.5 Å². The van der Waals surface area contributed by atoms with Crippen LogP contribution in [-0.4, -0.2) is 63.7 Å². The van der Waals surface area contributed by atoms with Crippen LogP contribution in [0.25, 0.3) is 10.8 Å². The van der Waals surface area contributed by atoms with Crippen molar-refractivity contribution in [2.24, 2.45) is 0 Å². The number of halogens is 2. The number of ether oxygens (including phenoxy) is 3. The molecule has 0 spiro atoms. The van der Waals surface area contributed by atoms with Crippen molar-refractivity contribution in [1.82, 2.24) is 4.31 Å². The van der Waals surface area contributed by atoms with Crippen LogP contribution in [-0.2, 0) is 19.6 Å². The molecule has 3 aromatic carbocycles. The number of benzene rings is 3. The highest BCUT2D eigenvalue weighted by Gasteiger charge is 2.45. The van der Waals surface area contributed by atoms with Gasteiger partial charge >= 0.3 is 6.29 Å². The number of carbonyl (C=O) groups excluding carboxylic acids is 2. The van der Waals surface area contributed by atoms with Crippen LogP contribution in [0.5, 0.6) is 11.5 Å². The van der Waals surface area contributed by atoms with Gasteiger partial charge in [0.1, 0.15) is 6.04 Å². The summed E-state index contributed by atoms with van der Waals surface area (Å²) in [5, 5.41) is 4.27. The van der Waals surface area contributed by atoms with E-state index in [0.29, 0.717) is 49.1 Å². The number of rotatable bonds is 8. The van der Waals surface area contributed by atoms with Crippen LogP contribution in [0.1, 0.15) is 36.0 Å². The molecule has 1 saturated heterocycles. The average Bonchev–Trinajstić information content (AvgIpc) is 3.42. The highest BCUT2D eigenvalue weighted by Crippen LogP contribution is 2.43. The molecule has 3 heterocycles. The maximum absolute atomic E-state index is 13.6. The van der Waals surface area contributed by atoms with Crippen LogP contribution in [0.15, 0.2) is 53.4 Å². The first-order valence-corrected chi connectivity index (χ1v) is 14.6. The first-order chi connectivity index (χ1) is 19.6. The van der Waals surface area contributed by atoms with Crippen molar-refractivity contribution in [3.05, 3.63) is 54.1 Å². The second-order valence-electron chi connectivity index (χ2n) is 10.1. The summed E-state index contributed by atoms with van der Waals surface area (Å²) in [5.41, 5.74) is 1.72. The minimum atomic E-state index is -4.25. The van der Waals surface area contributed by atoms with Gasteiger partial charge in [0.2, 0.25) is 15.9 Å². The molecule has 0 bridgehead atoms. The molecular weight excluding hydrogens is 560 g/mol. The normalized spacial score (nSPS) is 19.6. The second kappa shape index (κ2) is 10.2. The van der Waals surface area contributed by atoms with E-state index in [-0.39, 0.29) is 29.5 Å². The number of nitrogens with zero attached hydrogens (tertiary/aromatic N) is 2. The van der Waals surface area contributed by atoms with Gasteiger partial charge in [-0.15, -0.1) is 8.78 Å². The van der Waals surface area contributed by atoms with Crippen LogP contribution in [0.4, 0.5) is 20.2 Å². The first kappa shape index (κ1) is 27.4. The van der Waals surface area contributed by atoms with Crippen LogP contribution in [0.2, 0.25) is 0 Å². The molecule has 0 saturated carbocycles. The van der Waals surface area contributed by atoms with Crippen molar-refractivity contribution in [1.29, 1.82) is 0 Å². The lowest BCUT2D eigenvalue weighted by molar-refractivity contribution is -0.286. The SMILES string of the molecule is COCCCN1C(=O)c2cccc3c(NC(=O)C4CCCCN4S(=O)(=O)c4ccc5c(c4)OC(F)(F)O5)ccc1c23. The number of hydrogen-bond donors (Lipinski definition) is 1. The number of hydrogen-bond acceptors (Lipinski definition) is 7. The van der Waals surface area contributed by atoms with Crippen molar-refractivity contribution in [2.45, 2.75) is 42.9 Å². The molecule has 1 fully saturated rings. The van der Waals surface area contributed by atoms with Crippen LogP contribution in [0, 0.1) is 0 Å². The highest BCUT2D eigenvalue weighted by atomic mass is 32.2. The molecule has 1 atom stereocenters. The van der Waals surface area contributed by atoms with Gasteiger partial charge in [-0.1, -0.05) is 18.6 Å². The third kappa shape index (κ3) is 4.77. The van der Waals surface area contributed by atoms with Crippen molar-refractivity contribution in [3.8, 4) is 11.5 Å². The molecule has 3 aliphatic heterocycles. The van der Waals surface area contributed by atoms with Gasteiger partial charge in [-0.05, 0) is 49.6 Å². The number of fused-ring (bicyclic) bond motifs is 1. The van der Waals surface area contributed by atoms with Crippen molar-refractivity contribution in [3.63, 3.8) is 0 Å². The van der Waals surface area contributed by atoms with Crippen LogP contribution < -0.4 is 19.7 Å². The number of alkyl halides is 2. The Morgan fingerprint density at radius 3 is 2.73 bits per heavy atom.